The molecule has 1 heterocycles. The first-order valence-electron chi connectivity index (χ1n) is 9.29. The lowest BCUT2D eigenvalue weighted by Crippen LogP contribution is -2.33. The van der Waals surface area contributed by atoms with Crippen LogP contribution in [0.2, 0.25) is 10.0 Å². The molecule has 3 rings (SSSR count). The number of hydrogen-bond acceptors (Lipinski definition) is 6. The van der Waals surface area contributed by atoms with Crippen LogP contribution in [0, 0.1) is 0 Å². The summed E-state index contributed by atoms with van der Waals surface area (Å²) in [5.41, 5.74) is 0.992. The number of methoxy groups -OCH3 is 2. The van der Waals surface area contributed by atoms with E-state index in [0.29, 0.717) is 44.3 Å². The highest BCUT2D eigenvalue weighted by Crippen LogP contribution is 2.40. The summed E-state index contributed by atoms with van der Waals surface area (Å²) in [5.74, 6) is 1.05. The molecule has 0 saturated carbocycles. The van der Waals surface area contributed by atoms with Crippen LogP contribution in [0.3, 0.4) is 0 Å². The van der Waals surface area contributed by atoms with Crippen LogP contribution >= 0.6 is 46.9 Å². The molecule has 0 saturated heterocycles. The van der Waals surface area contributed by atoms with Crippen molar-refractivity contribution < 1.29 is 14.3 Å². The largest absolute Gasteiger partial charge is 0.495 e. The quantitative estimate of drug-likeness (QED) is 0.397. The lowest BCUT2D eigenvalue weighted by Gasteiger charge is -2.21. The van der Waals surface area contributed by atoms with Crippen molar-refractivity contribution in [2.45, 2.75) is 6.42 Å². The van der Waals surface area contributed by atoms with E-state index in [-0.39, 0.29) is 18.3 Å². The lowest BCUT2D eigenvalue weighted by molar-refractivity contribution is 0.0986. The topological polar surface area (TPSA) is 54.9 Å². The summed E-state index contributed by atoms with van der Waals surface area (Å²) < 4.78 is 11.7. The molecular formula is C21H24Cl3N3O3S. The van der Waals surface area contributed by atoms with E-state index in [2.05, 4.69) is 4.90 Å². The van der Waals surface area contributed by atoms with Gasteiger partial charge in [-0.25, -0.2) is 4.98 Å². The summed E-state index contributed by atoms with van der Waals surface area (Å²) in [4.78, 5) is 21.9. The minimum absolute atomic E-state index is 0. The molecule has 2 aromatic carbocycles. The molecular weight excluding hydrogens is 481 g/mol. The number of anilines is 1. The van der Waals surface area contributed by atoms with Gasteiger partial charge in [0, 0.05) is 11.6 Å². The van der Waals surface area contributed by atoms with Gasteiger partial charge in [0.25, 0.3) is 5.91 Å². The first-order valence-corrected chi connectivity index (χ1v) is 10.9. The zero-order valence-electron chi connectivity index (χ0n) is 17.6. The number of benzene rings is 2. The van der Waals surface area contributed by atoms with E-state index in [1.165, 1.54) is 11.3 Å². The van der Waals surface area contributed by atoms with Gasteiger partial charge in [-0.3, -0.25) is 9.69 Å². The van der Waals surface area contributed by atoms with Crippen molar-refractivity contribution in [1.82, 2.24) is 9.88 Å². The Hall–Kier alpha value is -1.77. The van der Waals surface area contributed by atoms with E-state index in [0.717, 1.165) is 17.7 Å². The molecule has 0 N–H and O–H groups in total. The van der Waals surface area contributed by atoms with Crippen molar-refractivity contribution in [1.29, 1.82) is 0 Å². The van der Waals surface area contributed by atoms with Crippen molar-refractivity contribution in [2.75, 3.05) is 46.3 Å². The zero-order valence-corrected chi connectivity index (χ0v) is 20.8. The first-order chi connectivity index (χ1) is 14.3. The fourth-order valence-corrected chi connectivity index (χ4v) is 4.49. The number of hydrogen-bond donors (Lipinski definition) is 0. The molecule has 10 heteroatoms. The van der Waals surface area contributed by atoms with Gasteiger partial charge in [0.2, 0.25) is 0 Å². The Labute approximate surface area is 202 Å². The average molecular weight is 505 g/mol. The number of rotatable bonds is 8. The van der Waals surface area contributed by atoms with Crippen molar-refractivity contribution in [3.05, 3.63) is 45.9 Å². The van der Waals surface area contributed by atoms with Gasteiger partial charge in [-0.05, 0) is 57.4 Å². The summed E-state index contributed by atoms with van der Waals surface area (Å²) in [6.07, 6.45) is 0.765. The molecule has 6 nitrogen and oxygen atoms in total. The summed E-state index contributed by atoms with van der Waals surface area (Å²) in [5, 5.41) is 1.34. The highest BCUT2D eigenvalue weighted by atomic mass is 35.5. The fraction of sp³-hybridized carbons (Fsp3) is 0.333. The van der Waals surface area contributed by atoms with Crippen LogP contribution in [0.4, 0.5) is 5.13 Å². The number of thiazole rings is 1. The molecule has 0 bridgehead atoms. The maximum Gasteiger partial charge on any atom is 0.261 e. The highest BCUT2D eigenvalue weighted by molar-refractivity contribution is 7.22. The van der Waals surface area contributed by atoms with E-state index in [1.807, 2.05) is 20.2 Å². The third-order valence-electron chi connectivity index (χ3n) is 4.52. The van der Waals surface area contributed by atoms with E-state index < -0.39 is 0 Å². The molecule has 0 aliphatic heterocycles. The molecule has 1 aromatic heterocycles. The van der Waals surface area contributed by atoms with Crippen molar-refractivity contribution >= 4 is 68.2 Å². The first kappa shape index (κ1) is 25.5. The molecule has 0 atom stereocenters. The van der Waals surface area contributed by atoms with Gasteiger partial charge in [-0.2, -0.15) is 0 Å². The highest BCUT2D eigenvalue weighted by Gasteiger charge is 2.25. The number of fused-ring (bicyclic) bond motifs is 1. The number of ether oxygens (including phenoxy) is 2. The Morgan fingerprint density at radius 2 is 1.74 bits per heavy atom. The van der Waals surface area contributed by atoms with Crippen LogP contribution in [-0.4, -0.2) is 57.2 Å². The van der Waals surface area contributed by atoms with Crippen LogP contribution in [0.15, 0.2) is 30.3 Å². The molecule has 0 aliphatic carbocycles. The molecule has 31 heavy (non-hydrogen) atoms. The number of carbonyl (C=O) groups is 1. The summed E-state index contributed by atoms with van der Waals surface area (Å²) in [7, 11) is 7.18. The van der Waals surface area contributed by atoms with Crippen molar-refractivity contribution in [3.8, 4) is 11.5 Å². The average Bonchev–Trinajstić information content (AvgIpc) is 3.16. The predicted molar refractivity (Wildman–Crippen MR) is 131 cm³/mol. The molecule has 0 spiro atoms. The molecule has 1 amide bonds. The van der Waals surface area contributed by atoms with Crippen LogP contribution in [0.25, 0.3) is 10.2 Å². The normalized spacial score (nSPS) is 10.8. The Morgan fingerprint density at radius 3 is 2.39 bits per heavy atom. The Morgan fingerprint density at radius 1 is 1.06 bits per heavy atom. The number of carbonyl (C=O) groups excluding carboxylic acids is 1. The molecule has 0 fully saturated rings. The maximum atomic E-state index is 13.5. The van der Waals surface area contributed by atoms with E-state index in [1.54, 1.807) is 43.4 Å². The van der Waals surface area contributed by atoms with Gasteiger partial charge in [0.1, 0.15) is 21.7 Å². The van der Waals surface area contributed by atoms with Crippen molar-refractivity contribution in [3.63, 3.8) is 0 Å². The minimum atomic E-state index is -0.252. The van der Waals surface area contributed by atoms with Crippen LogP contribution in [0.1, 0.15) is 16.8 Å². The van der Waals surface area contributed by atoms with E-state index >= 15 is 0 Å². The molecule has 0 unspecified atom stereocenters. The maximum absolute atomic E-state index is 13.5. The smallest absolute Gasteiger partial charge is 0.261 e. The summed E-state index contributed by atoms with van der Waals surface area (Å²) in [6, 6.07) is 8.50. The minimum Gasteiger partial charge on any atom is -0.495 e. The van der Waals surface area contributed by atoms with Gasteiger partial charge < -0.3 is 14.4 Å². The number of nitrogens with zero attached hydrogens (tertiary/aromatic N) is 3. The predicted octanol–water partition coefficient (Wildman–Crippen LogP) is 5.64. The molecule has 0 radical (unpaired) electrons. The summed E-state index contributed by atoms with van der Waals surface area (Å²) >= 11 is 13.8. The van der Waals surface area contributed by atoms with Gasteiger partial charge >= 0.3 is 0 Å². The third-order valence-corrected chi connectivity index (χ3v) is 6.18. The lowest BCUT2D eigenvalue weighted by atomic mass is 10.2. The second-order valence-electron chi connectivity index (χ2n) is 6.88. The standard InChI is InChI=1S/C21H23Cl2N3O3S.ClH/c1-25(2)10-5-11-26(20(27)14-12-13(22)6-7-15(14)23)21-24-18-16(28-3)8-9-17(29-4)19(18)30-21;/h6-9,12H,5,10-11H2,1-4H3;1H. The monoisotopic (exact) mass is 503 g/mol. The molecule has 168 valence electrons. The number of aromatic nitrogens is 1. The van der Waals surface area contributed by atoms with Crippen LogP contribution in [0.5, 0.6) is 11.5 Å². The third kappa shape index (κ3) is 5.73. The summed E-state index contributed by atoms with van der Waals surface area (Å²) in [6.45, 7) is 1.30. The van der Waals surface area contributed by atoms with Gasteiger partial charge in [-0.1, -0.05) is 34.5 Å². The zero-order chi connectivity index (χ0) is 21.8. The van der Waals surface area contributed by atoms with Gasteiger partial charge in [-0.15, -0.1) is 12.4 Å². The van der Waals surface area contributed by atoms with Crippen molar-refractivity contribution in [2.24, 2.45) is 0 Å². The van der Waals surface area contributed by atoms with Crippen LogP contribution in [-0.2, 0) is 0 Å². The SMILES string of the molecule is COc1ccc(OC)c2sc(N(CCCN(C)C)C(=O)c3cc(Cl)ccc3Cl)nc12.Cl. The second-order valence-corrected chi connectivity index (χ2v) is 8.70. The number of amides is 1. The van der Waals surface area contributed by atoms with E-state index in [4.69, 9.17) is 37.7 Å². The van der Waals surface area contributed by atoms with Crippen LogP contribution < -0.4 is 14.4 Å². The second kappa shape index (κ2) is 11.2. The van der Waals surface area contributed by atoms with Gasteiger partial charge in [0.15, 0.2) is 5.13 Å². The Balaban J connectivity index is 0.00000341. The Bertz CT molecular complexity index is 1020. The molecule has 3 aromatic rings. The molecule has 0 aliphatic rings. The Kier molecular flexibility index (Phi) is 9.21. The van der Waals surface area contributed by atoms with Gasteiger partial charge in [0.05, 0.1) is 24.8 Å². The van der Waals surface area contributed by atoms with E-state index in [9.17, 15) is 4.79 Å². The fourth-order valence-electron chi connectivity index (χ4n) is 3.03. The number of halogens is 3.